The Bertz CT molecular complexity index is 788. The lowest BCUT2D eigenvalue weighted by molar-refractivity contribution is 0.0746. The van der Waals surface area contributed by atoms with Crippen molar-refractivity contribution < 1.29 is 9.59 Å². The molecular formula is C16H20N6O2. The van der Waals surface area contributed by atoms with Gasteiger partial charge in [-0.05, 0) is 25.0 Å². The zero-order chi connectivity index (χ0) is 16.7. The molecule has 1 saturated carbocycles. The highest BCUT2D eigenvalue weighted by molar-refractivity contribution is 5.93. The molecule has 2 aliphatic rings. The number of amides is 2. The van der Waals surface area contributed by atoms with Crippen molar-refractivity contribution in [2.45, 2.75) is 31.8 Å². The molecule has 8 heteroatoms. The summed E-state index contributed by atoms with van der Waals surface area (Å²) in [6.07, 6.45) is 4.38. The second kappa shape index (κ2) is 5.77. The highest BCUT2D eigenvalue weighted by Gasteiger charge is 2.27. The van der Waals surface area contributed by atoms with Crippen LogP contribution in [-0.2, 0) is 20.0 Å². The number of fused-ring (bicyclic) bond motifs is 1. The van der Waals surface area contributed by atoms with E-state index in [-0.39, 0.29) is 17.6 Å². The first-order chi connectivity index (χ1) is 11.6. The van der Waals surface area contributed by atoms with Crippen LogP contribution in [0, 0.1) is 0 Å². The van der Waals surface area contributed by atoms with Gasteiger partial charge in [0.2, 0.25) is 5.82 Å². The maximum absolute atomic E-state index is 12.5. The van der Waals surface area contributed by atoms with Crippen molar-refractivity contribution in [1.82, 2.24) is 29.5 Å². The molecule has 1 fully saturated rings. The summed E-state index contributed by atoms with van der Waals surface area (Å²) in [5.74, 6) is 0.0380. The molecule has 126 valence electrons. The Morgan fingerprint density at radius 2 is 2.04 bits per heavy atom. The summed E-state index contributed by atoms with van der Waals surface area (Å²) in [5.41, 5.74) is 1.77. The van der Waals surface area contributed by atoms with E-state index in [1.807, 2.05) is 16.7 Å². The van der Waals surface area contributed by atoms with Crippen LogP contribution in [0.2, 0.25) is 0 Å². The van der Waals surface area contributed by atoms with E-state index in [4.69, 9.17) is 0 Å². The highest BCUT2D eigenvalue weighted by atomic mass is 16.2. The molecule has 0 saturated heterocycles. The van der Waals surface area contributed by atoms with Crippen LogP contribution in [0.5, 0.6) is 0 Å². The maximum atomic E-state index is 12.5. The van der Waals surface area contributed by atoms with E-state index in [0.29, 0.717) is 31.4 Å². The molecule has 1 aliphatic heterocycles. The van der Waals surface area contributed by atoms with Gasteiger partial charge in [-0.3, -0.25) is 14.3 Å². The van der Waals surface area contributed by atoms with Gasteiger partial charge in [0.05, 0.1) is 0 Å². The number of carbonyl (C=O) groups is 2. The summed E-state index contributed by atoms with van der Waals surface area (Å²) in [6, 6.07) is 4.20. The summed E-state index contributed by atoms with van der Waals surface area (Å²) in [4.78, 5) is 30.6. The smallest absolute Gasteiger partial charge is 0.293 e. The molecule has 0 spiro atoms. The lowest BCUT2D eigenvalue weighted by Gasteiger charge is -2.18. The lowest BCUT2D eigenvalue weighted by Crippen LogP contribution is -2.35. The van der Waals surface area contributed by atoms with Crippen molar-refractivity contribution in [3.8, 4) is 0 Å². The van der Waals surface area contributed by atoms with Gasteiger partial charge in [0.15, 0.2) is 0 Å². The minimum Gasteiger partial charge on any atom is -0.348 e. The standard InChI is InChI=1S/C16H20N6O2/c1-20-10-17-14(19-20)16(24)21-7-6-12-4-5-13(22(12)9-8-21)15(23)18-11-2-3-11/h4-5,10-11H,2-3,6-9H2,1H3,(H,18,23). The summed E-state index contributed by atoms with van der Waals surface area (Å²) in [5, 5.41) is 7.11. The van der Waals surface area contributed by atoms with Crippen LogP contribution in [-0.4, -0.2) is 55.2 Å². The zero-order valence-corrected chi connectivity index (χ0v) is 13.6. The molecular weight excluding hydrogens is 308 g/mol. The molecule has 4 rings (SSSR count). The fourth-order valence-corrected chi connectivity index (χ4v) is 3.04. The molecule has 0 radical (unpaired) electrons. The third-order valence-corrected chi connectivity index (χ3v) is 4.53. The molecule has 1 N–H and O–H groups in total. The first-order valence-electron chi connectivity index (χ1n) is 8.26. The fourth-order valence-electron chi connectivity index (χ4n) is 3.04. The van der Waals surface area contributed by atoms with Crippen LogP contribution in [0.4, 0.5) is 0 Å². The molecule has 2 amide bonds. The van der Waals surface area contributed by atoms with Gasteiger partial charge in [0, 0.05) is 44.8 Å². The molecule has 2 aromatic heterocycles. The monoisotopic (exact) mass is 328 g/mol. The Morgan fingerprint density at radius 3 is 2.75 bits per heavy atom. The van der Waals surface area contributed by atoms with Crippen molar-refractivity contribution in [2.75, 3.05) is 13.1 Å². The topological polar surface area (TPSA) is 85.0 Å². The van der Waals surface area contributed by atoms with Crippen molar-refractivity contribution in [3.05, 3.63) is 35.7 Å². The van der Waals surface area contributed by atoms with Gasteiger partial charge < -0.3 is 14.8 Å². The predicted molar refractivity (Wildman–Crippen MR) is 85.5 cm³/mol. The van der Waals surface area contributed by atoms with Gasteiger partial charge in [-0.15, -0.1) is 5.10 Å². The average molecular weight is 328 g/mol. The van der Waals surface area contributed by atoms with Crippen molar-refractivity contribution in [2.24, 2.45) is 7.05 Å². The summed E-state index contributed by atoms with van der Waals surface area (Å²) in [7, 11) is 1.74. The SMILES string of the molecule is Cn1cnc(C(=O)N2CCc3ccc(C(=O)NC4CC4)n3CC2)n1. The zero-order valence-electron chi connectivity index (χ0n) is 13.6. The molecule has 1 aliphatic carbocycles. The molecule has 3 heterocycles. The Balaban J connectivity index is 1.48. The number of carbonyl (C=O) groups excluding carboxylic acids is 2. The van der Waals surface area contributed by atoms with E-state index in [9.17, 15) is 9.59 Å². The first kappa shape index (κ1) is 14.9. The average Bonchev–Trinajstić information content (AvgIpc) is 3.19. The van der Waals surface area contributed by atoms with Gasteiger partial charge in [0.25, 0.3) is 11.8 Å². The number of rotatable bonds is 3. The van der Waals surface area contributed by atoms with Gasteiger partial charge in [-0.1, -0.05) is 0 Å². The van der Waals surface area contributed by atoms with Crippen LogP contribution in [0.25, 0.3) is 0 Å². The Hall–Kier alpha value is -2.64. The predicted octanol–water partition coefficient (Wildman–Crippen LogP) is 0.207. The molecule has 8 nitrogen and oxygen atoms in total. The van der Waals surface area contributed by atoms with E-state index in [2.05, 4.69) is 15.4 Å². The van der Waals surface area contributed by atoms with Crippen LogP contribution in [0.1, 0.15) is 39.6 Å². The third kappa shape index (κ3) is 2.79. The molecule has 24 heavy (non-hydrogen) atoms. The number of nitrogens with one attached hydrogen (secondary N) is 1. The molecule has 0 bridgehead atoms. The van der Waals surface area contributed by atoms with Crippen molar-refractivity contribution >= 4 is 11.8 Å². The summed E-state index contributed by atoms with van der Waals surface area (Å²) >= 11 is 0. The Kier molecular flexibility index (Phi) is 3.59. The molecule has 0 unspecified atom stereocenters. The number of hydrogen-bond acceptors (Lipinski definition) is 4. The Morgan fingerprint density at radius 1 is 1.21 bits per heavy atom. The van der Waals surface area contributed by atoms with Gasteiger partial charge in [-0.25, -0.2) is 4.98 Å². The molecule has 0 atom stereocenters. The molecule has 2 aromatic rings. The summed E-state index contributed by atoms with van der Waals surface area (Å²) < 4.78 is 3.55. The minimum atomic E-state index is -0.162. The highest BCUT2D eigenvalue weighted by Crippen LogP contribution is 2.21. The number of aromatic nitrogens is 4. The fraction of sp³-hybridized carbons (Fsp3) is 0.500. The number of aryl methyl sites for hydroxylation is 1. The van der Waals surface area contributed by atoms with E-state index in [1.54, 1.807) is 11.9 Å². The van der Waals surface area contributed by atoms with Gasteiger partial charge in [-0.2, -0.15) is 0 Å². The van der Waals surface area contributed by atoms with Crippen LogP contribution in [0.3, 0.4) is 0 Å². The second-order valence-electron chi connectivity index (χ2n) is 6.39. The third-order valence-electron chi connectivity index (χ3n) is 4.53. The Labute approximate surface area is 139 Å². The quantitative estimate of drug-likeness (QED) is 0.873. The van der Waals surface area contributed by atoms with E-state index < -0.39 is 0 Å². The van der Waals surface area contributed by atoms with Crippen LogP contribution in [0.15, 0.2) is 18.5 Å². The largest absolute Gasteiger partial charge is 0.348 e. The minimum absolute atomic E-state index is 0.0186. The second-order valence-corrected chi connectivity index (χ2v) is 6.39. The van der Waals surface area contributed by atoms with E-state index in [0.717, 1.165) is 25.0 Å². The van der Waals surface area contributed by atoms with Crippen molar-refractivity contribution in [1.29, 1.82) is 0 Å². The lowest BCUT2D eigenvalue weighted by atomic mass is 10.3. The van der Waals surface area contributed by atoms with Crippen LogP contribution < -0.4 is 5.32 Å². The van der Waals surface area contributed by atoms with Gasteiger partial charge in [0.1, 0.15) is 12.0 Å². The van der Waals surface area contributed by atoms with Gasteiger partial charge >= 0.3 is 0 Å². The van der Waals surface area contributed by atoms with E-state index in [1.165, 1.54) is 11.0 Å². The van der Waals surface area contributed by atoms with Crippen molar-refractivity contribution in [3.63, 3.8) is 0 Å². The summed E-state index contributed by atoms with van der Waals surface area (Å²) in [6.45, 7) is 1.75. The number of nitrogens with zero attached hydrogens (tertiary/aromatic N) is 5. The molecule has 0 aromatic carbocycles. The van der Waals surface area contributed by atoms with Crippen LogP contribution >= 0.6 is 0 Å². The first-order valence-corrected chi connectivity index (χ1v) is 8.26. The van der Waals surface area contributed by atoms with E-state index >= 15 is 0 Å². The normalized spacial score (nSPS) is 17.3. The number of hydrogen-bond donors (Lipinski definition) is 1. The maximum Gasteiger partial charge on any atom is 0.293 e.